The molecule has 0 aliphatic carbocycles. The van der Waals surface area contributed by atoms with E-state index >= 15 is 0 Å². The Morgan fingerprint density at radius 2 is 1.80 bits per heavy atom. The fourth-order valence-corrected chi connectivity index (χ4v) is 3.12. The Labute approximate surface area is 147 Å². The topological polar surface area (TPSA) is 75.4 Å². The summed E-state index contributed by atoms with van der Waals surface area (Å²) in [6.45, 7) is 1.31. The molecular formula is C20H23N3O2. The molecule has 1 aliphatic heterocycles. The predicted molar refractivity (Wildman–Crippen MR) is 97.9 cm³/mol. The van der Waals surface area contributed by atoms with Crippen molar-refractivity contribution < 1.29 is 9.59 Å². The first-order valence-corrected chi connectivity index (χ1v) is 8.62. The normalized spacial score (nSPS) is 15.8. The number of piperidine rings is 1. The average Bonchev–Trinajstić information content (AvgIpc) is 2.64. The lowest BCUT2D eigenvalue weighted by Gasteiger charge is -2.27. The molecule has 2 amide bonds. The highest BCUT2D eigenvalue weighted by Crippen LogP contribution is 2.21. The third kappa shape index (κ3) is 4.25. The largest absolute Gasteiger partial charge is 0.368 e. The van der Waals surface area contributed by atoms with E-state index in [4.69, 9.17) is 5.73 Å². The first-order valence-electron chi connectivity index (χ1n) is 8.62. The van der Waals surface area contributed by atoms with Crippen LogP contribution in [0.25, 0.3) is 0 Å². The van der Waals surface area contributed by atoms with Crippen molar-refractivity contribution in [3.8, 4) is 0 Å². The molecule has 0 radical (unpaired) electrons. The molecule has 1 aliphatic rings. The third-order valence-electron chi connectivity index (χ3n) is 4.50. The molecule has 1 atom stereocenters. The van der Waals surface area contributed by atoms with Gasteiger partial charge in [-0.25, -0.2) is 0 Å². The highest BCUT2D eigenvalue weighted by atomic mass is 16.2. The van der Waals surface area contributed by atoms with Crippen molar-refractivity contribution in [3.05, 3.63) is 65.7 Å². The number of carbonyl (C=O) groups excluding carboxylic acids is 2. The van der Waals surface area contributed by atoms with Gasteiger partial charge in [-0.3, -0.25) is 14.9 Å². The molecule has 130 valence electrons. The number of primary amides is 1. The minimum atomic E-state index is -0.524. The Hall–Kier alpha value is -2.66. The van der Waals surface area contributed by atoms with Crippen LogP contribution < -0.4 is 16.0 Å². The monoisotopic (exact) mass is 337 g/mol. The number of nitrogens with two attached hydrogens (primary N) is 1. The summed E-state index contributed by atoms with van der Waals surface area (Å²) in [5, 5.41) is 3.20. The summed E-state index contributed by atoms with van der Waals surface area (Å²) < 4.78 is 0. The van der Waals surface area contributed by atoms with Crippen molar-refractivity contribution in [1.29, 1.82) is 0 Å². The van der Waals surface area contributed by atoms with Crippen molar-refractivity contribution in [2.45, 2.75) is 31.8 Å². The van der Waals surface area contributed by atoms with E-state index in [0.29, 0.717) is 13.0 Å². The lowest BCUT2D eigenvalue weighted by molar-refractivity contribution is -0.120. The van der Waals surface area contributed by atoms with Crippen LogP contribution in [-0.4, -0.2) is 18.4 Å². The molecule has 5 nitrogen and oxygen atoms in total. The number of hydrogen-bond donors (Lipinski definition) is 2. The minimum absolute atomic E-state index is 0.190. The van der Waals surface area contributed by atoms with Crippen LogP contribution in [-0.2, 0) is 16.1 Å². The van der Waals surface area contributed by atoms with E-state index < -0.39 is 11.9 Å². The average molecular weight is 337 g/mol. The maximum atomic E-state index is 12.0. The van der Waals surface area contributed by atoms with Gasteiger partial charge >= 0.3 is 0 Å². The van der Waals surface area contributed by atoms with Gasteiger partial charge in [0.1, 0.15) is 6.04 Å². The van der Waals surface area contributed by atoms with Gasteiger partial charge in [0.05, 0.1) is 0 Å². The number of nitrogens with one attached hydrogen (secondary N) is 1. The van der Waals surface area contributed by atoms with Crippen molar-refractivity contribution in [1.82, 2.24) is 5.32 Å². The molecule has 3 rings (SSSR count). The van der Waals surface area contributed by atoms with Crippen molar-refractivity contribution in [3.63, 3.8) is 0 Å². The molecule has 0 unspecified atom stereocenters. The highest BCUT2D eigenvalue weighted by Gasteiger charge is 2.20. The van der Waals surface area contributed by atoms with Crippen molar-refractivity contribution in [2.75, 3.05) is 11.4 Å². The predicted octanol–water partition coefficient (Wildman–Crippen LogP) is 2.52. The van der Waals surface area contributed by atoms with E-state index in [2.05, 4.69) is 5.32 Å². The molecular weight excluding hydrogens is 314 g/mol. The zero-order chi connectivity index (χ0) is 17.6. The Kier molecular flexibility index (Phi) is 5.46. The summed E-state index contributed by atoms with van der Waals surface area (Å²) in [4.78, 5) is 25.6. The fraction of sp³-hybridized carbons (Fsp3) is 0.300. The molecule has 0 spiro atoms. The van der Waals surface area contributed by atoms with Crippen LogP contribution in [0.5, 0.6) is 0 Å². The van der Waals surface area contributed by atoms with Crippen LogP contribution in [0, 0.1) is 0 Å². The van der Waals surface area contributed by atoms with Crippen molar-refractivity contribution in [2.24, 2.45) is 5.73 Å². The second kappa shape index (κ2) is 7.94. The maximum Gasteiger partial charge on any atom is 0.239 e. The van der Waals surface area contributed by atoms with Gasteiger partial charge in [-0.1, -0.05) is 42.5 Å². The molecule has 2 aromatic rings. The van der Waals surface area contributed by atoms with Gasteiger partial charge in [0.25, 0.3) is 0 Å². The van der Waals surface area contributed by atoms with Crippen LogP contribution in [0.4, 0.5) is 5.69 Å². The molecule has 1 fully saturated rings. The summed E-state index contributed by atoms with van der Waals surface area (Å²) in [5.74, 6) is -0.211. The van der Waals surface area contributed by atoms with Crippen LogP contribution in [0.3, 0.4) is 0 Å². The summed E-state index contributed by atoms with van der Waals surface area (Å²) in [7, 11) is 0. The number of rotatable bonds is 6. The van der Waals surface area contributed by atoms with E-state index in [9.17, 15) is 9.59 Å². The highest BCUT2D eigenvalue weighted by molar-refractivity contribution is 5.93. The van der Waals surface area contributed by atoms with E-state index in [1.807, 2.05) is 59.5 Å². The molecule has 1 heterocycles. The van der Waals surface area contributed by atoms with Gasteiger partial charge in [0.15, 0.2) is 0 Å². The smallest absolute Gasteiger partial charge is 0.239 e. The zero-order valence-corrected chi connectivity index (χ0v) is 14.2. The van der Waals surface area contributed by atoms with Crippen LogP contribution in [0.15, 0.2) is 54.6 Å². The van der Waals surface area contributed by atoms with E-state index in [-0.39, 0.29) is 5.91 Å². The van der Waals surface area contributed by atoms with Gasteiger partial charge in [-0.05, 0) is 36.1 Å². The molecule has 0 aromatic heterocycles. The lowest BCUT2D eigenvalue weighted by Crippen LogP contribution is -2.35. The van der Waals surface area contributed by atoms with Crippen molar-refractivity contribution >= 4 is 17.5 Å². The molecule has 0 bridgehead atoms. The minimum Gasteiger partial charge on any atom is -0.368 e. The van der Waals surface area contributed by atoms with Gasteiger partial charge in [-0.2, -0.15) is 0 Å². The molecule has 0 saturated carbocycles. The SMILES string of the molecule is NC(=O)[C@@H](NCc1ccc(N2CCCCC2=O)cc1)c1ccccc1. The Morgan fingerprint density at radius 3 is 2.44 bits per heavy atom. The number of anilines is 1. The summed E-state index contributed by atoms with van der Waals surface area (Å²) in [5.41, 5.74) is 8.35. The standard InChI is InChI=1S/C20H23N3O2/c21-20(25)19(16-6-2-1-3-7-16)22-14-15-9-11-17(12-10-15)23-13-5-4-8-18(23)24/h1-3,6-7,9-12,19,22H,4-5,8,13-14H2,(H2,21,25)/t19-/m0/s1. The summed E-state index contributed by atoms with van der Waals surface area (Å²) >= 11 is 0. The number of amides is 2. The van der Waals surface area contributed by atoms with E-state index in [1.54, 1.807) is 0 Å². The van der Waals surface area contributed by atoms with E-state index in [0.717, 1.165) is 36.2 Å². The molecule has 1 saturated heterocycles. The summed E-state index contributed by atoms with van der Waals surface area (Å²) in [6.07, 6.45) is 2.65. The number of carbonyl (C=O) groups is 2. The van der Waals surface area contributed by atoms with Gasteiger partial charge < -0.3 is 10.6 Å². The Bertz CT molecular complexity index is 728. The Morgan fingerprint density at radius 1 is 1.08 bits per heavy atom. The van der Waals surface area contributed by atoms with Crippen LogP contribution in [0.1, 0.15) is 36.4 Å². The number of benzene rings is 2. The molecule has 3 N–H and O–H groups in total. The second-order valence-corrected chi connectivity index (χ2v) is 6.30. The first-order chi connectivity index (χ1) is 12.1. The molecule has 2 aromatic carbocycles. The molecule has 5 heteroatoms. The van der Waals surface area contributed by atoms with Crippen LogP contribution >= 0.6 is 0 Å². The quantitative estimate of drug-likeness (QED) is 0.850. The number of nitrogens with zero attached hydrogens (tertiary/aromatic N) is 1. The Balaban J connectivity index is 1.65. The van der Waals surface area contributed by atoms with E-state index in [1.165, 1.54) is 0 Å². The summed E-state index contributed by atoms with van der Waals surface area (Å²) in [6, 6.07) is 16.8. The van der Waals surface area contributed by atoms with Gasteiger partial charge in [0.2, 0.25) is 11.8 Å². The lowest BCUT2D eigenvalue weighted by atomic mass is 10.1. The van der Waals surface area contributed by atoms with Gasteiger partial charge in [0, 0.05) is 25.2 Å². The van der Waals surface area contributed by atoms with Crippen LogP contribution in [0.2, 0.25) is 0 Å². The first kappa shape index (κ1) is 17.2. The second-order valence-electron chi connectivity index (χ2n) is 6.30. The molecule has 25 heavy (non-hydrogen) atoms. The number of hydrogen-bond acceptors (Lipinski definition) is 3. The maximum absolute atomic E-state index is 12.0. The fourth-order valence-electron chi connectivity index (χ4n) is 3.12. The van der Waals surface area contributed by atoms with Gasteiger partial charge in [-0.15, -0.1) is 0 Å². The zero-order valence-electron chi connectivity index (χ0n) is 14.2. The third-order valence-corrected chi connectivity index (χ3v) is 4.50.